The summed E-state index contributed by atoms with van der Waals surface area (Å²) >= 11 is 0. The number of benzene rings is 1. The molecule has 1 aromatic rings. The van der Waals surface area contributed by atoms with Crippen molar-refractivity contribution >= 4 is 5.97 Å². The zero-order valence-corrected chi connectivity index (χ0v) is 21.9. The van der Waals surface area contributed by atoms with Crippen molar-refractivity contribution in [2.24, 2.45) is 5.92 Å². The molecule has 0 spiro atoms. The molecule has 0 saturated carbocycles. The quantitative estimate of drug-likeness (QED) is 0.212. The SMILES string of the molecule is CCCCCCCCCCCC(=O)O[C@@H](CC)C1[C@@H](c2ccc(C)cc2)C[C@@H]2CC[C@H]1N2C. The highest BCUT2D eigenvalue weighted by Crippen LogP contribution is 2.48. The van der Waals surface area contributed by atoms with Crippen LogP contribution in [0.25, 0.3) is 0 Å². The van der Waals surface area contributed by atoms with Crippen LogP contribution in [0.4, 0.5) is 0 Å². The average Bonchev–Trinajstić information content (AvgIpc) is 3.04. The van der Waals surface area contributed by atoms with Crippen molar-refractivity contribution in [2.45, 2.75) is 135 Å². The second-order valence-corrected chi connectivity index (χ2v) is 10.8. The van der Waals surface area contributed by atoms with E-state index in [-0.39, 0.29) is 12.1 Å². The van der Waals surface area contributed by atoms with Crippen molar-refractivity contribution in [2.75, 3.05) is 7.05 Å². The van der Waals surface area contributed by atoms with Crippen molar-refractivity contribution in [3.8, 4) is 0 Å². The Morgan fingerprint density at radius 1 is 0.970 bits per heavy atom. The number of hydrogen-bond donors (Lipinski definition) is 0. The molecular weight excluding hydrogens is 406 g/mol. The summed E-state index contributed by atoms with van der Waals surface area (Å²) in [5.41, 5.74) is 2.75. The van der Waals surface area contributed by atoms with E-state index in [1.807, 2.05) is 0 Å². The largest absolute Gasteiger partial charge is 0.462 e. The number of esters is 1. The maximum Gasteiger partial charge on any atom is 0.306 e. The first-order chi connectivity index (χ1) is 16.0. The molecule has 1 unspecified atom stereocenters. The molecule has 2 bridgehead atoms. The van der Waals surface area contributed by atoms with Crippen LogP contribution in [0.2, 0.25) is 0 Å². The summed E-state index contributed by atoms with van der Waals surface area (Å²) in [6.45, 7) is 6.62. The predicted molar refractivity (Wildman–Crippen MR) is 139 cm³/mol. The first-order valence-corrected chi connectivity index (χ1v) is 14.0. The Morgan fingerprint density at radius 2 is 1.61 bits per heavy atom. The van der Waals surface area contributed by atoms with Gasteiger partial charge in [-0.2, -0.15) is 0 Å². The lowest BCUT2D eigenvalue weighted by Gasteiger charge is -2.46. The Morgan fingerprint density at radius 3 is 2.24 bits per heavy atom. The van der Waals surface area contributed by atoms with E-state index in [0.717, 1.165) is 19.3 Å². The third kappa shape index (κ3) is 7.31. The fraction of sp³-hybridized carbons (Fsp3) is 0.767. The number of nitrogens with zero attached hydrogens (tertiary/aromatic N) is 1. The van der Waals surface area contributed by atoms with Gasteiger partial charge in [-0.05, 0) is 57.6 Å². The summed E-state index contributed by atoms with van der Waals surface area (Å²) in [4.78, 5) is 15.4. The van der Waals surface area contributed by atoms with Gasteiger partial charge in [0.05, 0.1) is 0 Å². The van der Waals surface area contributed by atoms with Crippen LogP contribution in [0.5, 0.6) is 0 Å². The highest BCUT2D eigenvalue weighted by Gasteiger charge is 2.49. The Kier molecular flexibility index (Phi) is 10.8. The minimum atomic E-state index is 0.0221. The smallest absolute Gasteiger partial charge is 0.306 e. The molecule has 3 rings (SSSR count). The molecule has 3 nitrogen and oxygen atoms in total. The number of carbonyl (C=O) groups excluding carboxylic acids is 1. The van der Waals surface area contributed by atoms with Gasteiger partial charge in [-0.3, -0.25) is 4.79 Å². The number of fused-ring (bicyclic) bond motifs is 2. The van der Waals surface area contributed by atoms with E-state index in [1.54, 1.807) is 0 Å². The number of hydrogen-bond acceptors (Lipinski definition) is 3. The molecule has 2 fully saturated rings. The standard InChI is InChI=1S/C30H49NO2/c1-5-7-8-9-10-11-12-13-14-15-29(32)33-28(6-2)30-26(24-18-16-23(3)17-19-24)22-25-20-21-27(30)31(25)4/h16-19,25-28,30H,5-15,20-22H2,1-4H3/t25-,26+,27+,28-,30?/m0/s1. The van der Waals surface area contributed by atoms with Crippen LogP contribution in [-0.4, -0.2) is 36.1 Å². The van der Waals surface area contributed by atoms with Crippen molar-refractivity contribution in [1.82, 2.24) is 4.90 Å². The van der Waals surface area contributed by atoms with Crippen molar-refractivity contribution < 1.29 is 9.53 Å². The molecule has 2 saturated heterocycles. The van der Waals surface area contributed by atoms with Gasteiger partial charge in [0, 0.05) is 24.4 Å². The van der Waals surface area contributed by atoms with Crippen molar-refractivity contribution in [1.29, 1.82) is 0 Å². The fourth-order valence-corrected chi connectivity index (χ4v) is 6.43. The van der Waals surface area contributed by atoms with Gasteiger partial charge in [-0.25, -0.2) is 0 Å². The summed E-state index contributed by atoms with van der Waals surface area (Å²) in [7, 11) is 2.29. The lowest BCUT2D eigenvalue weighted by molar-refractivity contribution is -0.155. The molecule has 1 aromatic carbocycles. The van der Waals surface area contributed by atoms with E-state index in [9.17, 15) is 4.79 Å². The topological polar surface area (TPSA) is 29.5 Å². The molecule has 0 aliphatic carbocycles. The number of carbonyl (C=O) groups is 1. The van der Waals surface area contributed by atoms with Gasteiger partial charge in [0.15, 0.2) is 0 Å². The molecule has 2 aliphatic heterocycles. The molecule has 0 radical (unpaired) electrons. The Hall–Kier alpha value is -1.35. The fourth-order valence-electron chi connectivity index (χ4n) is 6.43. The van der Waals surface area contributed by atoms with E-state index in [0.29, 0.717) is 30.3 Å². The second kappa shape index (κ2) is 13.5. The zero-order valence-electron chi connectivity index (χ0n) is 21.9. The van der Waals surface area contributed by atoms with E-state index in [2.05, 4.69) is 57.0 Å². The first-order valence-electron chi connectivity index (χ1n) is 14.0. The minimum Gasteiger partial charge on any atom is -0.462 e. The number of rotatable bonds is 14. The monoisotopic (exact) mass is 455 g/mol. The van der Waals surface area contributed by atoms with Gasteiger partial charge < -0.3 is 9.64 Å². The van der Waals surface area contributed by atoms with E-state index >= 15 is 0 Å². The highest BCUT2D eigenvalue weighted by molar-refractivity contribution is 5.69. The van der Waals surface area contributed by atoms with Gasteiger partial charge in [-0.15, -0.1) is 0 Å². The van der Waals surface area contributed by atoms with Crippen LogP contribution in [-0.2, 0) is 9.53 Å². The summed E-state index contributed by atoms with van der Waals surface area (Å²) in [5, 5.41) is 0. The summed E-state index contributed by atoms with van der Waals surface area (Å²) < 4.78 is 6.22. The third-order valence-corrected chi connectivity index (χ3v) is 8.43. The van der Waals surface area contributed by atoms with Crippen molar-refractivity contribution in [3.63, 3.8) is 0 Å². The number of piperidine rings is 1. The van der Waals surface area contributed by atoms with Gasteiger partial charge >= 0.3 is 5.97 Å². The lowest BCUT2D eigenvalue weighted by Crippen LogP contribution is -2.50. The van der Waals surface area contributed by atoms with E-state index < -0.39 is 0 Å². The lowest BCUT2D eigenvalue weighted by atomic mass is 9.72. The van der Waals surface area contributed by atoms with Gasteiger partial charge in [0.2, 0.25) is 0 Å². The van der Waals surface area contributed by atoms with Crippen LogP contribution in [0.15, 0.2) is 24.3 Å². The summed E-state index contributed by atoms with van der Waals surface area (Å²) in [6, 6.07) is 10.3. The average molecular weight is 456 g/mol. The Bertz CT molecular complexity index is 700. The molecular formula is C30H49NO2. The molecule has 0 amide bonds. The normalized spacial score (nSPS) is 25.8. The van der Waals surface area contributed by atoms with E-state index in [1.165, 1.54) is 75.3 Å². The molecule has 186 valence electrons. The van der Waals surface area contributed by atoms with Gasteiger partial charge in [-0.1, -0.05) is 95.0 Å². The predicted octanol–water partition coefficient (Wildman–Crippen LogP) is 7.80. The third-order valence-electron chi connectivity index (χ3n) is 8.43. The minimum absolute atomic E-state index is 0.0221. The van der Waals surface area contributed by atoms with Crippen LogP contribution >= 0.6 is 0 Å². The molecule has 3 heteroatoms. The van der Waals surface area contributed by atoms with E-state index in [4.69, 9.17) is 4.74 Å². The number of aryl methyl sites for hydroxylation is 1. The van der Waals surface area contributed by atoms with Crippen molar-refractivity contribution in [3.05, 3.63) is 35.4 Å². The zero-order chi connectivity index (χ0) is 23.6. The van der Waals surface area contributed by atoms with Gasteiger partial charge in [0.25, 0.3) is 0 Å². The van der Waals surface area contributed by atoms with Crippen LogP contribution in [0.3, 0.4) is 0 Å². The molecule has 33 heavy (non-hydrogen) atoms. The second-order valence-electron chi connectivity index (χ2n) is 10.8. The van der Waals surface area contributed by atoms with Crippen LogP contribution in [0, 0.1) is 12.8 Å². The summed E-state index contributed by atoms with van der Waals surface area (Å²) in [6.07, 6.45) is 16.7. The Labute approximate surface area is 203 Å². The van der Waals surface area contributed by atoms with Crippen LogP contribution in [0.1, 0.15) is 121 Å². The molecule has 5 atom stereocenters. The van der Waals surface area contributed by atoms with Gasteiger partial charge in [0.1, 0.15) is 6.10 Å². The highest BCUT2D eigenvalue weighted by atomic mass is 16.5. The molecule has 2 aliphatic rings. The maximum absolute atomic E-state index is 12.8. The molecule has 2 heterocycles. The number of ether oxygens (including phenoxy) is 1. The Balaban J connectivity index is 1.51. The number of unbranched alkanes of at least 4 members (excludes halogenated alkanes) is 8. The summed E-state index contributed by atoms with van der Waals surface area (Å²) in [5.74, 6) is 0.911. The molecule has 0 aromatic heterocycles. The van der Waals surface area contributed by atoms with Crippen LogP contribution < -0.4 is 0 Å². The maximum atomic E-state index is 12.8. The molecule has 0 N–H and O–H groups in total. The first kappa shape index (κ1) is 26.3.